The fourth-order valence-corrected chi connectivity index (χ4v) is 2.24. The lowest BCUT2D eigenvalue weighted by Gasteiger charge is -2.24. The molecule has 0 unspecified atom stereocenters. The van der Waals surface area contributed by atoms with Crippen molar-refractivity contribution in [2.45, 2.75) is 6.42 Å². The van der Waals surface area contributed by atoms with Gasteiger partial charge in [-0.2, -0.15) is 0 Å². The van der Waals surface area contributed by atoms with Crippen molar-refractivity contribution in [2.75, 3.05) is 44.4 Å². The number of nitrogens with one attached hydrogen (secondary N) is 1. The zero-order valence-corrected chi connectivity index (χ0v) is 11.8. The van der Waals surface area contributed by atoms with Gasteiger partial charge in [0.2, 0.25) is 5.91 Å². The standard InChI is InChI=1S/C14H20N4O2/c1-17(2)14(20)10-3-4-12(11(15)9-10)18-7-5-13(19)16-6-8-18/h3-4,9H,5-8,15H2,1-2H3,(H,16,19). The third-order valence-corrected chi connectivity index (χ3v) is 3.33. The van der Waals surface area contributed by atoms with Crippen LogP contribution >= 0.6 is 0 Å². The molecule has 1 heterocycles. The van der Waals surface area contributed by atoms with Gasteiger partial charge >= 0.3 is 0 Å². The van der Waals surface area contributed by atoms with E-state index >= 15 is 0 Å². The largest absolute Gasteiger partial charge is 0.397 e. The highest BCUT2D eigenvalue weighted by Crippen LogP contribution is 2.25. The molecule has 0 aliphatic carbocycles. The molecule has 2 rings (SSSR count). The number of nitrogen functional groups attached to an aromatic ring is 1. The predicted octanol–water partition coefficient (Wildman–Crippen LogP) is 0.297. The second-order valence-corrected chi connectivity index (χ2v) is 5.06. The predicted molar refractivity (Wildman–Crippen MR) is 78.7 cm³/mol. The maximum Gasteiger partial charge on any atom is 0.253 e. The number of carbonyl (C=O) groups excluding carboxylic acids is 2. The number of carbonyl (C=O) groups is 2. The Balaban J connectivity index is 2.21. The summed E-state index contributed by atoms with van der Waals surface area (Å²) in [5, 5.41) is 2.83. The summed E-state index contributed by atoms with van der Waals surface area (Å²) < 4.78 is 0. The van der Waals surface area contributed by atoms with Gasteiger partial charge in [0, 0.05) is 45.7 Å². The molecule has 0 bridgehead atoms. The molecule has 1 aliphatic heterocycles. The first kappa shape index (κ1) is 14.2. The fourth-order valence-electron chi connectivity index (χ4n) is 2.24. The molecule has 0 spiro atoms. The third kappa shape index (κ3) is 3.01. The van der Waals surface area contributed by atoms with E-state index in [0.29, 0.717) is 30.8 Å². The molecule has 20 heavy (non-hydrogen) atoms. The Labute approximate surface area is 118 Å². The van der Waals surface area contributed by atoms with Crippen LogP contribution in [-0.4, -0.2) is 50.4 Å². The van der Waals surface area contributed by atoms with Crippen LogP contribution in [0.2, 0.25) is 0 Å². The molecule has 1 aliphatic rings. The molecule has 2 amide bonds. The Hall–Kier alpha value is -2.24. The Morgan fingerprint density at radius 2 is 2.10 bits per heavy atom. The van der Waals surface area contributed by atoms with Crippen molar-refractivity contribution >= 4 is 23.2 Å². The summed E-state index contributed by atoms with van der Waals surface area (Å²) in [6.45, 7) is 1.96. The van der Waals surface area contributed by atoms with Crippen LogP contribution in [0, 0.1) is 0 Å². The van der Waals surface area contributed by atoms with Crippen molar-refractivity contribution in [3.05, 3.63) is 23.8 Å². The molecule has 0 saturated carbocycles. The minimum Gasteiger partial charge on any atom is -0.397 e. The van der Waals surface area contributed by atoms with Gasteiger partial charge in [0.05, 0.1) is 11.4 Å². The lowest BCUT2D eigenvalue weighted by Crippen LogP contribution is -2.29. The van der Waals surface area contributed by atoms with Crippen LogP contribution in [0.25, 0.3) is 0 Å². The van der Waals surface area contributed by atoms with Gasteiger partial charge in [0.1, 0.15) is 0 Å². The summed E-state index contributed by atoms with van der Waals surface area (Å²) in [6.07, 6.45) is 0.456. The van der Waals surface area contributed by atoms with Gasteiger partial charge in [-0.1, -0.05) is 0 Å². The SMILES string of the molecule is CN(C)C(=O)c1ccc(N2CCNC(=O)CC2)c(N)c1. The summed E-state index contributed by atoms with van der Waals surface area (Å²) in [5.74, 6) is -0.0126. The van der Waals surface area contributed by atoms with Crippen LogP contribution in [0.5, 0.6) is 0 Å². The Morgan fingerprint density at radius 3 is 2.75 bits per heavy atom. The van der Waals surface area contributed by atoms with E-state index in [2.05, 4.69) is 10.2 Å². The second-order valence-electron chi connectivity index (χ2n) is 5.06. The molecular weight excluding hydrogens is 256 g/mol. The van der Waals surface area contributed by atoms with Gasteiger partial charge in [-0.3, -0.25) is 9.59 Å². The summed E-state index contributed by atoms with van der Waals surface area (Å²) in [5.41, 5.74) is 8.06. The van der Waals surface area contributed by atoms with Gasteiger partial charge in [-0.15, -0.1) is 0 Å². The van der Waals surface area contributed by atoms with E-state index in [1.807, 2.05) is 6.07 Å². The first-order valence-corrected chi connectivity index (χ1v) is 6.62. The summed E-state index contributed by atoms with van der Waals surface area (Å²) >= 11 is 0. The average molecular weight is 276 g/mol. The Kier molecular flexibility index (Phi) is 4.12. The fraction of sp³-hybridized carbons (Fsp3) is 0.429. The topological polar surface area (TPSA) is 78.7 Å². The van der Waals surface area contributed by atoms with Crippen molar-refractivity contribution in [3.8, 4) is 0 Å². The second kappa shape index (κ2) is 5.81. The number of hydrogen-bond acceptors (Lipinski definition) is 4. The maximum absolute atomic E-state index is 11.9. The smallest absolute Gasteiger partial charge is 0.253 e. The minimum absolute atomic E-state index is 0.0606. The molecule has 1 aromatic carbocycles. The highest BCUT2D eigenvalue weighted by molar-refractivity contribution is 5.96. The maximum atomic E-state index is 11.9. The van der Waals surface area contributed by atoms with Gasteiger partial charge < -0.3 is 20.9 Å². The van der Waals surface area contributed by atoms with Crippen molar-refractivity contribution in [2.24, 2.45) is 0 Å². The van der Waals surface area contributed by atoms with Crippen molar-refractivity contribution < 1.29 is 9.59 Å². The van der Waals surface area contributed by atoms with E-state index < -0.39 is 0 Å². The number of nitrogens with zero attached hydrogens (tertiary/aromatic N) is 2. The van der Waals surface area contributed by atoms with Gasteiger partial charge in [-0.05, 0) is 18.2 Å². The van der Waals surface area contributed by atoms with Crippen molar-refractivity contribution in [1.29, 1.82) is 0 Å². The van der Waals surface area contributed by atoms with Gasteiger partial charge in [0.15, 0.2) is 0 Å². The van der Waals surface area contributed by atoms with E-state index in [1.54, 1.807) is 26.2 Å². The number of hydrogen-bond donors (Lipinski definition) is 2. The van der Waals surface area contributed by atoms with E-state index in [1.165, 1.54) is 4.90 Å². The van der Waals surface area contributed by atoms with E-state index in [0.717, 1.165) is 12.2 Å². The number of nitrogens with two attached hydrogens (primary N) is 1. The van der Waals surface area contributed by atoms with E-state index in [-0.39, 0.29) is 11.8 Å². The highest BCUT2D eigenvalue weighted by Gasteiger charge is 2.17. The molecule has 0 radical (unpaired) electrons. The minimum atomic E-state index is -0.0732. The van der Waals surface area contributed by atoms with Crippen molar-refractivity contribution in [3.63, 3.8) is 0 Å². The van der Waals surface area contributed by atoms with Gasteiger partial charge in [0.25, 0.3) is 5.91 Å². The molecule has 6 heteroatoms. The third-order valence-electron chi connectivity index (χ3n) is 3.33. The molecule has 108 valence electrons. The molecule has 0 atom stereocenters. The van der Waals surface area contributed by atoms with Gasteiger partial charge in [-0.25, -0.2) is 0 Å². The molecule has 1 fully saturated rings. The normalized spacial score (nSPS) is 15.5. The van der Waals surface area contributed by atoms with Crippen molar-refractivity contribution in [1.82, 2.24) is 10.2 Å². The lowest BCUT2D eigenvalue weighted by atomic mass is 10.1. The average Bonchev–Trinajstić information content (AvgIpc) is 2.62. The summed E-state index contributed by atoms with van der Waals surface area (Å²) in [4.78, 5) is 26.8. The quantitative estimate of drug-likeness (QED) is 0.761. The van der Waals surface area contributed by atoms with Crippen LogP contribution in [0.3, 0.4) is 0 Å². The van der Waals surface area contributed by atoms with Crippen LogP contribution in [0.1, 0.15) is 16.8 Å². The van der Waals surface area contributed by atoms with Crippen LogP contribution in [-0.2, 0) is 4.79 Å². The van der Waals surface area contributed by atoms with E-state index in [9.17, 15) is 9.59 Å². The summed E-state index contributed by atoms with van der Waals surface area (Å²) in [6, 6.07) is 5.31. The number of benzene rings is 1. The van der Waals surface area contributed by atoms with Crippen LogP contribution in [0.15, 0.2) is 18.2 Å². The molecule has 6 nitrogen and oxygen atoms in total. The highest BCUT2D eigenvalue weighted by atomic mass is 16.2. The number of anilines is 2. The van der Waals surface area contributed by atoms with Crippen LogP contribution < -0.4 is 16.0 Å². The molecule has 3 N–H and O–H groups in total. The first-order valence-electron chi connectivity index (χ1n) is 6.62. The zero-order chi connectivity index (χ0) is 14.7. The Morgan fingerprint density at radius 1 is 1.35 bits per heavy atom. The number of amides is 2. The molecule has 1 aromatic rings. The number of rotatable bonds is 2. The first-order chi connectivity index (χ1) is 9.49. The zero-order valence-electron chi connectivity index (χ0n) is 11.8. The monoisotopic (exact) mass is 276 g/mol. The van der Waals surface area contributed by atoms with E-state index in [4.69, 9.17) is 5.73 Å². The van der Waals surface area contributed by atoms with Crippen LogP contribution in [0.4, 0.5) is 11.4 Å². The molecule has 1 saturated heterocycles. The molecular formula is C14H20N4O2. The molecule has 0 aromatic heterocycles. The lowest BCUT2D eigenvalue weighted by molar-refractivity contribution is -0.120. The Bertz CT molecular complexity index is 528. The summed E-state index contributed by atoms with van der Waals surface area (Å²) in [7, 11) is 3.41.